The minimum atomic E-state index is 0.709. The molecule has 90 valence electrons. The number of hydrogen-bond acceptors (Lipinski definition) is 4. The third kappa shape index (κ3) is 2.07. The van der Waals surface area contributed by atoms with E-state index in [9.17, 15) is 0 Å². The Hall–Kier alpha value is -1.36. The molecule has 4 nitrogen and oxygen atoms in total. The number of nitrogens with one attached hydrogen (secondary N) is 1. The molecule has 2 aromatic rings. The van der Waals surface area contributed by atoms with Gasteiger partial charge in [0.15, 0.2) is 11.5 Å². The van der Waals surface area contributed by atoms with Crippen LogP contribution in [0.3, 0.4) is 0 Å². The molecule has 1 aromatic carbocycles. The summed E-state index contributed by atoms with van der Waals surface area (Å²) >= 11 is 1.75. The van der Waals surface area contributed by atoms with Crippen molar-refractivity contribution in [1.82, 2.24) is 9.97 Å². The van der Waals surface area contributed by atoms with Gasteiger partial charge in [-0.25, -0.2) is 4.98 Å². The molecule has 17 heavy (non-hydrogen) atoms. The number of H-pyrrole nitrogens is 1. The number of aromatic amines is 1. The first-order valence-corrected chi connectivity index (χ1v) is 7.03. The van der Waals surface area contributed by atoms with Gasteiger partial charge < -0.3 is 14.5 Å². The van der Waals surface area contributed by atoms with E-state index in [0.29, 0.717) is 13.2 Å². The van der Waals surface area contributed by atoms with Gasteiger partial charge >= 0.3 is 0 Å². The minimum Gasteiger partial charge on any atom is -0.489 e. The lowest BCUT2D eigenvalue weighted by molar-refractivity contribution is 0.297. The standard InChI is InChI=1S/C12H14N2O2S/c1-17-7-12-13-8-5-10-11(6-9(8)14-12)16-4-2-3-15-10/h5-6H,2-4,7H2,1H3,(H,13,14). The van der Waals surface area contributed by atoms with Crippen LogP contribution in [-0.4, -0.2) is 29.4 Å². The molecule has 0 aliphatic carbocycles. The Morgan fingerprint density at radius 3 is 2.82 bits per heavy atom. The van der Waals surface area contributed by atoms with E-state index >= 15 is 0 Å². The van der Waals surface area contributed by atoms with Crippen LogP contribution in [0.15, 0.2) is 12.1 Å². The van der Waals surface area contributed by atoms with Crippen molar-refractivity contribution < 1.29 is 9.47 Å². The average molecular weight is 250 g/mol. The Morgan fingerprint density at radius 1 is 1.29 bits per heavy atom. The number of benzene rings is 1. The predicted molar refractivity (Wildman–Crippen MR) is 68.9 cm³/mol. The lowest BCUT2D eigenvalue weighted by atomic mass is 10.3. The summed E-state index contributed by atoms with van der Waals surface area (Å²) < 4.78 is 11.3. The highest BCUT2D eigenvalue weighted by atomic mass is 32.2. The Kier molecular flexibility index (Phi) is 2.84. The molecule has 0 spiro atoms. The van der Waals surface area contributed by atoms with Crippen LogP contribution in [-0.2, 0) is 5.75 Å². The maximum Gasteiger partial charge on any atom is 0.163 e. The van der Waals surface area contributed by atoms with E-state index < -0.39 is 0 Å². The van der Waals surface area contributed by atoms with Crippen LogP contribution < -0.4 is 9.47 Å². The maximum atomic E-state index is 5.65. The second-order valence-electron chi connectivity index (χ2n) is 3.98. The third-order valence-electron chi connectivity index (χ3n) is 2.68. The van der Waals surface area contributed by atoms with Crippen LogP contribution in [0, 0.1) is 0 Å². The second kappa shape index (κ2) is 4.49. The fourth-order valence-corrected chi connectivity index (χ4v) is 2.33. The summed E-state index contributed by atoms with van der Waals surface area (Å²) in [5, 5.41) is 0. The Morgan fingerprint density at radius 2 is 2.06 bits per heavy atom. The van der Waals surface area contributed by atoms with Crippen molar-refractivity contribution in [3.63, 3.8) is 0 Å². The lowest BCUT2D eigenvalue weighted by Crippen LogP contribution is -1.97. The Labute approximate surface area is 104 Å². The van der Waals surface area contributed by atoms with Gasteiger partial charge in [-0.2, -0.15) is 11.8 Å². The molecule has 0 saturated carbocycles. The molecule has 1 aromatic heterocycles. The quantitative estimate of drug-likeness (QED) is 0.890. The topological polar surface area (TPSA) is 47.1 Å². The van der Waals surface area contributed by atoms with Gasteiger partial charge in [-0.1, -0.05) is 0 Å². The van der Waals surface area contributed by atoms with Crippen molar-refractivity contribution in [1.29, 1.82) is 0 Å². The smallest absolute Gasteiger partial charge is 0.163 e. The van der Waals surface area contributed by atoms with Crippen LogP contribution in [0.2, 0.25) is 0 Å². The fourth-order valence-electron chi connectivity index (χ4n) is 1.92. The molecule has 1 aliphatic heterocycles. The van der Waals surface area contributed by atoms with Crippen LogP contribution in [0.1, 0.15) is 12.2 Å². The average Bonchev–Trinajstić information content (AvgIpc) is 2.55. The van der Waals surface area contributed by atoms with Gasteiger partial charge in [0.05, 0.1) is 30.0 Å². The number of rotatable bonds is 2. The van der Waals surface area contributed by atoms with Crippen LogP contribution in [0.25, 0.3) is 11.0 Å². The van der Waals surface area contributed by atoms with Crippen molar-refractivity contribution in [2.75, 3.05) is 19.5 Å². The van der Waals surface area contributed by atoms with Gasteiger partial charge in [0, 0.05) is 18.6 Å². The van der Waals surface area contributed by atoms with E-state index in [0.717, 1.165) is 40.5 Å². The van der Waals surface area contributed by atoms with Crippen molar-refractivity contribution >= 4 is 22.8 Å². The van der Waals surface area contributed by atoms with Gasteiger partial charge in [0.1, 0.15) is 5.82 Å². The first kappa shape index (κ1) is 10.8. The van der Waals surface area contributed by atoms with Crippen LogP contribution in [0.4, 0.5) is 0 Å². The number of ether oxygens (including phenoxy) is 2. The SMILES string of the molecule is CSCc1nc2cc3c(cc2[nH]1)OCCCO3. The van der Waals surface area contributed by atoms with Gasteiger partial charge in [0.25, 0.3) is 0 Å². The predicted octanol–water partition coefficient (Wildman–Crippen LogP) is 2.59. The van der Waals surface area contributed by atoms with E-state index in [1.54, 1.807) is 11.8 Å². The molecule has 1 aliphatic rings. The van der Waals surface area contributed by atoms with E-state index in [4.69, 9.17) is 9.47 Å². The highest BCUT2D eigenvalue weighted by Crippen LogP contribution is 2.33. The molecule has 3 rings (SSSR count). The van der Waals surface area contributed by atoms with Crippen molar-refractivity contribution in [3.8, 4) is 11.5 Å². The maximum absolute atomic E-state index is 5.65. The fraction of sp³-hybridized carbons (Fsp3) is 0.417. The first-order valence-electron chi connectivity index (χ1n) is 5.64. The molecule has 0 unspecified atom stereocenters. The number of fused-ring (bicyclic) bond motifs is 2. The molecule has 0 radical (unpaired) electrons. The molecular formula is C12H14N2O2S. The van der Waals surface area contributed by atoms with E-state index in [1.807, 2.05) is 12.1 Å². The zero-order valence-electron chi connectivity index (χ0n) is 9.66. The second-order valence-corrected chi connectivity index (χ2v) is 4.85. The highest BCUT2D eigenvalue weighted by Gasteiger charge is 2.13. The summed E-state index contributed by atoms with van der Waals surface area (Å²) in [6, 6.07) is 3.93. The van der Waals surface area contributed by atoms with E-state index in [-0.39, 0.29) is 0 Å². The van der Waals surface area contributed by atoms with Crippen LogP contribution >= 0.6 is 11.8 Å². The summed E-state index contributed by atoms with van der Waals surface area (Å²) in [6.45, 7) is 1.42. The minimum absolute atomic E-state index is 0.709. The Balaban J connectivity index is 2.05. The molecule has 0 amide bonds. The number of nitrogens with zero attached hydrogens (tertiary/aromatic N) is 1. The van der Waals surface area contributed by atoms with E-state index in [2.05, 4.69) is 16.2 Å². The Bertz CT molecular complexity index is 496. The molecule has 1 N–H and O–H groups in total. The van der Waals surface area contributed by atoms with Crippen molar-refractivity contribution in [2.45, 2.75) is 12.2 Å². The normalized spacial score (nSPS) is 14.9. The largest absolute Gasteiger partial charge is 0.489 e. The summed E-state index contributed by atoms with van der Waals surface area (Å²) in [5.74, 6) is 3.50. The zero-order chi connectivity index (χ0) is 11.7. The molecule has 0 fully saturated rings. The summed E-state index contributed by atoms with van der Waals surface area (Å²) in [4.78, 5) is 7.83. The van der Waals surface area contributed by atoms with Crippen LogP contribution in [0.5, 0.6) is 11.5 Å². The molecule has 2 heterocycles. The molecule has 0 atom stereocenters. The highest BCUT2D eigenvalue weighted by molar-refractivity contribution is 7.97. The van der Waals surface area contributed by atoms with Gasteiger partial charge in [-0.3, -0.25) is 0 Å². The summed E-state index contributed by atoms with van der Waals surface area (Å²) in [6.07, 6.45) is 2.99. The molecule has 0 saturated heterocycles. The molecule has 0 bridgehead atoms. The number of thioether (sulfide) groups is 1. The third-order valence-corrected chi connectivity index (χ3v) is 3.24. The number of hydrogen-bond donors (Lipinski definition) is 1. The molecule has 5 heteroatoms. The first-order chi connectivity index (χ1) is 8.36. The number of aromatic nitrogens is 2. The van der Waals surface area contributed by atoms with Crippen molar-refractivity contribution in [3.05, 3.63) is 18.0 Å². The van der Waals surface area contributed by atoms with Gasteiger partial charge in [0.2, 0.25) is 0 Å². The van der Waals surface area contributed by atoms with Crippen molar-refractivity contribution in [2.24, 2.45) is 0 Å². The lowest BCUT2D eigenvalue weighted by Gasteiger charge is -2.05. The summed E-state index contributed by atoms with van der Waals surface area (Å²) in [5.41, 5.74) is 1.96. The monoisotopic (exact) mass is 250 g/mol. The van der Waals surface area contributed by atoms with Gasteiger partial charge in [-0.15, -0.1) is 0 Å². The van der Waals surface area contributed by atoms with E-state index in [1.165, 1.54) is 0 Å². The zero-order valence-corrected chi connectivity index (χ0v) is 10.5. The number of imidazole rings is 1. The molecular weight excluding hydrogens is 236 g/mol. The summed E-state index contributed by atoms with van der Waals surface area (Å²) in [7, 11) is 0. The van der Waals surface area contributed by atoms with Gasteiger partial charge in [-0.05, 0) is 6.26 Å².